The second kappa shape index (κ2) is 5.79. The molecule has 1 aromatic rings. The molecule has 15 heavy (non-hydrogen) atoms. The van der Waals surface area contributed by atoms with Crippen LogP contribution >= 0.6 is 11.6 Å². The van der Waals surface area contributed by atoms with Gasteiger partial charge in [-0.05, 0) is 25.0 Å². The van der Waals surface area contributed by atoms with Gasteiger partial charge in [-0.2, -0.15) is 0 Å². The molecule has 0 fully saturated rings. The molecule has 2 nitrogen and oxygen atoms in total. The highest BCUT2D eigenvalue weighted by atomic mass is 35.5. The highest BCUT2D eigenvalue weighted by Crippen LogP contribution is 2.23. The molecule has 1 aromatic carbocycles. The van der Waals surface area contributed by atoms with Gasteiger partial charge in [-0.15, -0.1) is 0 Å². The monoisotopic (exact) mass is 226 g/mol. The van der Waals surface area contributed by atoms with Crippen molar-refractivity contribution < 1.29 is 9.84 Å². The third-order valence-electron chi connectivity index (χ3n) is 2.09. The van der Waals surface area contributed by atoms with Gasteiger partial charge >= 0.3 is 0 Å². The molecule has 0 aromatic heterocycles. The highest BCUT2D eigenvalue weighted by molar-refractivity contribution is 6.25. The molecular formula is C12H15ClO2. The molecule has 0 unspecified atom stereocenters. The van der Waals surface area contributed by atoms with Gasteiger partial charge in [0.1, 0.15) is 12.4 Å². The van der Waals surface area contributed by atoms with Crippen LogP contribution in [0.25, 0.3) is 0 Å². The summed E-state index contributed by atoms with van der Waals surface area (Å²) in [5, 5.41) is 9.14. The SMILES string of the molecule is C/C(=C/Cl)COc1c(C)cccc1CO. The summed E-state index contributed by atoms with van der Waals surface area (Å²) in [7, 11) is 0. The van der Waals surface area contributed by atoms with E-state index in [4.69, 9.17) is 21.4 Å². The van der Waals surface area contributed by atoms with Gasteiger partial charge in [0.25, 0.3) is 0 Å². The fraction of sp³-hybridized carbons (Fsp3) is 0.333. The molecule has 0 spiro atoms. The first-order valence-electron chi connectivity index (χ1n) is 4.77. The molecular weight excluding hydrogens is 212 g/mol. The minimum atomic E-state index is -0.0132. The molecule has 0 heterocycles. The van der Waals surface area contributed by atoms with Crippen molar-refractivity contribution in [2.75, 3.05) is 6.61 Å². The van der Waals surface area contributed by atoms with E-state index < -0.39 is 0 Å². The van der Waals surface area contributed by atoms with Gasteiger partial charge in [-0.25, -0.2) is 0 Å². The topological polar surface area (TPSA) is 29.5 Å². The molecule has 1 N–H and O–H groups in total. The van der Waals surface area contributed by atoms with E-state index in [-0.39, 0.29) is 6.61 Å². The first-order chi connectivity index (χ1) is 7.19. The molecule has 0 aliphatic heterocycles. The second-order valence-corrected chi connectivity index (χ2v) is 3.68. The average molecular weight is 227 g/mol. The fourth-order valence-electron chi connectivity index (χ4n) is 1.26. The third-order valence-corrected chi connectivity index (χ3v) is 2.47. The van der Waals surface area contributed by atoms with Crippen LogP contribution in [-0.4, -0.2) is 11.7 Å². The Hall–Kier alpha value is -0.990. The van der Waals surface area contributed by atoms with Crippen LogP contribution in [-0.2, 0) is 6.61 Å². The maximum Gasteiger partial charge on any atom is 0.128 e. The highest BCUT2D eigenvalue weighted by Gasteiger charge is 2.05. The Balaban J connectivity index is 2.83. The summed E-state index contributed by atoms with van der Waals surface area (Å²) in [6.45, 7) is 4.28. The van der Waals surface area contributed by atoms with Crippen molar-refractivity contribution in [1.82, 2.24) is 0 Å². The van der Waals surface area contributed by atoms with Gasteiger partial charge in [-0.3, -0.25) is 0 Å². The Morgan fingerprint density at radius 2 is 2.27 bits per heavy atom. The normalized spacial score (nSPS) is 11.6. The number of aryl methyl sites for hydroxylation is 1. The first-order valence-corrected chi connectivity index (χ1v) is 5.20. The van der Waals surface area contributed by atoms with Gasteiger partial charge in [0.05, 0.1) is 6.61 Å². The Labute approximate surface area is 95.1 Å². The minimum Gasteiger partial charge on any atom is -0.489 e. The van der Waals surface area contributed by atoms with E-state index in [1.807, 2.05) is 32.0 Å². The standard InChI is InChI=1S/C12H15ClO2/c1-9(6-13)8-15-12-10(2)4-3-5-11(12)7-14/h3-6,14H,7-8H2,1-2H3/b9-6-. The van der Waals surface area contributed by atoms with E-state index in [1.165, 1.54) is 5.54 Å². The number of hydrogen-bond acceptors (Lipinski definition) is 2. The second-order valence-electron chi connectivity index (χ2n) is 3.47. The number of aliphatic hydroxyl groups excluding tert-OH is 1. The third kappa shape index (κ3) is 3.26. The van der Waals surface area contributed by atoms with Crippen molar-refractivity contribution in [3.05, 3.63) is 40.4 Å². The van der Waals surface area contributed by atoms with E-state index in [0.29, 0.717) is 6.61 Å². The van der Waals surface area contributed by atoms with Crippen LogP contribution < -0.4 is 4.74 Å². The molecule has 0 radical (unpaired) electrons. The summed E-state index contributed by atoms with van der Waals surface area (Å²) in [6.07, 6.45) is 0. The van der Waals surface area contributed by atoms with Crippen molar-refractivity contribution in [3.8, 4) is 5.75 Å². The summed E-state index contributed by atoms with van der Waals surface area (Å²) in [4.78, 5) is 0. The van der Waals surface area contributed by atoms with E-state index in [2.05, 4.69) is 0 Å². The van der Waals surface area contributed by atoms with Gasteiger partial charge < -0.3 is 9.84 Å². The number of rotatable bonds is 4. The zero-order valence-corrected chi connectivity index (χ0v) is 9.71. The van der Waals surface area contributed by atoms with Crippen LogP contribution in [0.5, 0.6) is 5.75 Å². The lowest BCUT2D eigenvalue weighted by Gasteiger charge is -2.12. The molecule has 3 heteroatoms. The summed E-state index contributed by atoms with van der Waals surface area (Å²) in [5.41, 5.74) is 4.27. The molecule has 0 saturated heterocycles. The average Bonchev–Trinajstić information content (AvgIpc) is 2.26. The van der Waals surface area contributed by atoms with Crippen LogP contribution in [0.2, 0.25) is 0 Å². The molecule has 0 atom stereocenters. The number of para-hydroxylation sites is 1. The van der Waals surface area contributed by atoms with Gasteiger partial charge in [0, 0.05) is 11.1 Å². The number of benzene rings is 1. The van der Waals surface area contributed by atoms with Crippen LogP contribution in [0, 0.1) is 6.92 Å². The van der Waals surface area contributed by atoms with Crippen molar-refractivity contribution in [1.29, 1.82) is 0 Å². The quantitative estimate of drug-likeness (QED) is 0.855. The molecule has 1 rings (SSSR count). The molecule has 0 amide bonds. The summed E-state index contributed by atoms with van der Waals surface area (Å²) in [5.74, 6) is 0.748. The lowest BCUT2D eigenvalue weighted by molar-refractivity contribution is 0.268. The number of ether oxygens (including phenoxy) is 1. The summed E-state index contributed by atoms with van der Waals surface area (Å²) in [6, 6.07) is 5.70. The Bertz CT molecular complexity index is 359. The Kier molecular flexibility index (Phi) is 4.66. The minimum absolute atomic E-state index is 0.0132. The molecule has 0 aliphatic carbocycles. The van der Waals surface area contributed by atoms with Crippen LogP contribution in [0.3, 0.4) is 0 Å². The van der Waals surface area contributed by atoms with Gasteiger partial charge in [-0.1, -0.05) is 29.8 Å². The maximum absolute atomic E-state index is 9.14. The van der Waals surface area contributed by atoms with Crippen LogP contribution in [0.15, 0.2) is 29.3 Å². The van der Waals surface area contributed by atoms with E-state index >= 15 is 0 Å². The largest absolute Gasteiger partial charge is 0.489 e. The van der Waals surface area contributed by atoms with Crippen LogP contribution in [0.1, 0.15) is 18.1 Å². The van der Waals surface area contributed by atoms with Crippen molar-refractivity contribution >= 4 is 11.6 Å². The Morgan fingerprint density at radius 3 is 2.87 bits per heavy atom. The van der Waals surface area contributed by atoms with Crippen LogP contribution in [0.4, 0.5) is 0 Å². The van der Waals surface area contributed by atoms with Gasteiger partial charge in [0.2, 0.25) is 0 Å². The lowest BCUT2D eigenvalue weighted by Crippen LogP contribution is -2.02. The first kappa shape index (κ1) is 12.1. The summed E-state index contributed by atoms with van der Waals surface area (Å²) >= 11 is 5.54. The maximum atomic E-state index is 9.14. The lowest BCUT2D eigenvalue weighted by atomic mass is 10.1. The predicted octanol–water partition coefficient (Wildman–Crippen LogP) is 3.01. The van der Waals surface area contributed by atoms with E-state index in [9.17, 15) is 0 Å². The van der Waals surface area contributed by atoms with E-state index in [0.717, 1.165) is 22.4 Å². The number of halogens is 1. The number of aliphatic hydroxyl groups is 1. The fourth-order valence-corrected chi connectivity index (χ4v) is 1.32. The summed E-state index contributed by atoms with van der Waals surface area (Å²) < 4.78 is 5.60. The van der Waals surface area contributed by atoms with Crippen molar-refractivity contribution in [2.24, 2.45) is 0 Å². The number of hydrogen-bond donors (Lipinski definition) is 1. The zero-order chi connectivity index (χ0) is 11.3. The van der Waals surface area contributed by atoms with Crippen molar-refractivity contribution in [3.63, 3.8) is 0 Å². The van der Waals surface area contributed by atoms with Gasteiger partial charge in [0.15, 0.2) is 0 Å². The molecule has 0 bridgehead atoms. The zero-order valence-electron chi connectivity index (χ0n) is 8.96. The van der Waals surface area contributed by atoms with E-state index in [1.54, 1.807) is 0 Å². The predicted molar refractivity (Wildman–Crippen MR) is 62.2 cm³/mol. The molecule has 0 aliphatic rings. The Morgan fingerprint density at radius 1 is 1.53 bits per heavy atom. The smallest absolute Gasteiger partial charge is 0.128 e. The molecule has 82 valence electrons. The van der Waals surface area contributed by atoms with Crippen molar-refractivity contribution in [2.45, 2.75) is 20.5 Å². The molecule has 0 saturated carbocycles.